The zero-order chi connectivity index (χ0) is 20.9. The zero-order valence-electron chi connectivity index (χ0n) is 17.6. The number of likely N-dealkylation sites (tertiary alicyclic amines) is 1. The molecule has 0 radical (unpaired) electrons. The minimum atomic E-state index is -0.0357. The van der Waals surface area contributed by atoms with Crippen molar-refractivity contribution in [1.29, 1.82) is 0 Å². The second kappa shape index (κ2) is 9.90. The fourth-order valence-electron chi connectivity index (χ4n) is 4.42. The smallest absolute Gasteiger partial charge is 0.253 e. The van der Waals surface area contributed by atoms with E-state index >= 15 is 0 Å². The summed E-state index contributed by atoms with van der Waals surface area (Å²) in [6.07, 6.45) is 4.22. The molecule has 2 aliphatic heterocycles. The SMILES string of the molecule is Cc1ccc(C(=O)NCC2CCCO2)c(C2CCN(Cc3ccccc3Cl)CC2)n1. The Morgan fingerprint density at radius 1 is 1.20 bits per heavy atom. The number of amides is 1. The molecule has 1 unspecified atom stereocenters. The van der Waals surface area contributed by atoms with Gasteiger partial charge < -0.3 is 10.1 Å². The highest BCUT2D eigenvalue weighted by atomic mass is 35.5. The van der Waals surface area contributed by atoms with Crippen molar-refractivity contribution in [3.63, 3.8) is 0 Å². The Morgan fingerprint density at radius 3 is 2.73 bits per heavy atom. The zero-order valence-corrected chi connectivity index (χ0v) is 18.3. The fourth-order valence-corrected chi connectivity index (χ4v) is 4.61. The van der Waals surface area contributed by atoms with E-state index in [0.29, 0.717) is 18.0 Å². The van der Waals surface area contributed by atoms with Crippen molar-refractivity contribution in [2.24, 2.45) is 0 Å². The first kappa shape index (κ1) is 21.3. The van der Waals surface area contributed by atoms with Crippen LogP contribution in [0, 0.1) is 6.92 Å². The van der Waals surface area contributed by atoms with Crippen LogP contribution in [0.3, 0.4) is 0 Å². The third kappa shape index (κ3) is 5.20. The van der Waals surface area contributed by atoms with E-state index in [4.69, 9.17) is 21.3 Å². The van der Waals surface area contributed by atoms with Crippen molar-refractivity contribution in [3.8, 4) is 0 Å². The molecular weight excluding hydrogens is 398 g/mol. The summed E-state index contributed by atoms with van der Waals surface area (Å²) in [5, 5.41) is 3.88. The number of hydrogen-bond acceptors (Lipinski definition) is 4. The molecule has 0 bridgehead atoms. The molecule has 1 atom stereocenters. The molecule has 1 N–H and O–H groups in total. The molecular formula is C24H30ClN3O2. The average molecular weight is 428 g/mol. The maximum Gasteiger partial charge on any atom is 0.253 e. The van der Waals surface area contributed by atoms with Gasteiger partial charge in [-0.1, -0.05) is 29.8 Å². The van der Waals surface area contributed by atoms with E-state index in [1.165, 1.54) is 5.56 Å². The van der Waals surface area contributed by atoms with E-state index in [1.807, 2.05) is 37.3 Å². The Bertz CT molecular complexity index is 875. The number of carbonyl (C=O) groups is 1. The first-order valence-electron chi connectivity index (χ1n) is 10.9. The predicted molar refractivity (Wildman–Crippen MR) is 119 cm³/mol. The van der Waals surface area contributed by atoms with Crippen LogP contribution in [-0.2, 0) is 11.3 Å². The number of aryl methyl sites for hydroxylation is 1. The third-order valence-electron chi connectivity index (χ3n) is 6.15. The van der Waals surface area contributed by atoms with Crippen LogP contribution in [0.2, 0.25) is 5.02 Å². The molecule has 2 aliphatic rings. The van der Waals surface area contributed by atoms with Gasteiger partial charge in [0.2, 0.25) is 0 Å². The second-order valence-corrected chi connectivity index (χ2v) is 8.78. The van der Waals surface area contributed by atoms with E-state index < -0.39 is 0 Å². The minimum Gasteiger partial charge on any atom is -0.376 e. The van der Waals surface area contributed by atoms with Gasteiger partial charge in [-0.2, -0.15) is 0 Å². The van der Waals surface area contributed by atoms with Gasteiger partial charge in [0.05, 0.1) is 17.4 Å². The van der Waals surface area contributed by atoms with Gasteiger partial charge in [0.1, 0.15) is 0 Å². The van der Waals surface area contributed by atoms with Crippen molar-refractivity contribution in [3.05, 3.63) is 63.9 Å². The molecule has 0 aliphatic carbocycles. The lowest BCUT2D eigenvalue weighted by Gasteiger charge is -2.32. The van der Waals surface area contributed by atoms with Crippen LogP contribution in [0.25, 0.3) is 0 Å². The van der Waals surface area contributed by atoms with Gasteiger partial charge in [-0.15, -0.1) is 0 Å². The Morgan fingerprint density at radius 2 is 2.00 bits per heavy atom. The van der Waals surface area contributed by atoms with Crippen LogP contribution in [0.4, 0.5) is 0 Å². The molecule has 1 aromatic carbocycles. The van der Waals surface area contributed by atoms with E-state index in [1.54, 1.807) is 0 Å². The van der Waals surface area contributed by atoms with Crippen molar-refractivity contribution in [2.75, 3.05) is 26.2 Å². The first-order chi connectivity index (χ1) is 14.6. The molecule has 0 spiro atoms. The van der Waals surface area contributed by atoms with Crippen LogP contribution in [0.5, 0.6) is 0 Å². The molecule has 30 heavy (non-hydrogen) atoms. The molecule has 6 heteroatoms. The summed E-state index contributed by atoms with van der Waals surface area (Å²) in [7, 11) is 0. The standard InChI is InChI=1S/C24H30ClN3O2/c1-17-8-9-21(24(29)26-15-20-6-4-14-30-20)23(27-17)18-10-12-28(13-11-18)16-19-5-2-3-7-22(19)25/h2-3,5,7-9,18,20H,4,6,10-16H2,1H3,(H,26,29). The summed E-state index contributed by atoms with van der Waals surface area (Å²) in [5.74, 6) is 0.266. The summed E-state index contributed by atoms with van der Waals surface area (Å²) in [4.78, 5) is 20.1. The van der Waals surface area contributed by atoms with Gasteiger partial charge in [-0.25, -0.2) is 0 Å². The summed E-state index contributed by atoms with van der Waals surface area (Å²) in [5.41, 5.74) is 3.78. The molecule has 5 nitrogen and oxygen atoms in total. The molecule has 1 aromatic heterocycles. The first-order valence-corrected chi connectivity index (χ1v) is 11.3. The number of pyridine rings is 1. The number of piperidine rings is 1. The molecule has 3 heterocycles. The molecule has 4 rings (SSSR count). The van der Waals surface area contributed by atoms with Crippen LogP contribution in [-0.4, -0.2) is 48.1 Å². The lowest BCUT2D eigenvalue weighted by molar-refractivity contribution is 0.0855. The normalized spacial score (nSPS) is 20.4. The highest BCUT2D eigenvalue weighted by Gasteiger charge is 2.27. The van der Waals surface area contributed by atoms with E-state index in [-0.39, 0.29) is 12.0 Å². The number of halogens is 1. The summed E-state index contributed by atoms with van der Waals surface area (Å²) in [6.45, 7) is 6.17. The number of aromatic nitrogens is 1. The van der Waals surface area contributed by atoms with Crippen molar-refractivity contribution in [2.45, 2.75) is 51.2 Å². The van der Waals surface area contributed by atoms with E-state index in [2.05, 4.69) is 16.3 Å². The maximum absolute atomic E-state index is 12.9. The van der Waals surface area contributed by atoms with Gasteiger partial charge in [-0.3, -0.25) is 14.7 Å². The van der Waals surface area contributed by atoms with Gasteiger partial charge >= 0.3 is 0 Å². The Kier molecular flexibility index (Phi) is 7.03. The quantitative estimate of drug-likeness (QED) is 0.745. The van der Waals surface area contributed by atoms with Gasteiger partial charge in [0.15, 0.2) is 0 Å². The van der Waals surface area contributed by atoms with Crippen LogP contribution in [0.1, 0.15) is 58.9 Å². The number of nitrogens with one attached hydrogen (secondary N) is 1. The number of ether oxygens (including phenoxy) is 1. The minimum absolute atomic E-state index is 0.0357. The lowest BCUT2D eigenvalue weighted by atomic mass is 9.89. The highest BCUT2D eigenvalue weighted by Crippen LogP contribution is 2.30. The summed E-state index contributed by atoms with van der Waals surface area (Å²) in [6, 6.07) is 11.9. The van der Waals surface area contributed by atoms with Gasteiger partial charge in [0, 0.05) is 36.3 Å². The Balaban J connectivity index is 1.39. The average Bonchev–Trinajstić information content (AvgIpc) is 3.28. The molecule has 160 valence electrons. The van der Waals surface area contributed by atoms with Crippen LogP contribution in [0.15, 0.2) is 36.4 Å². The van der Waals surface area contributed by atoms with Gasteiger partial charge in [0.25, 0.3) is 5.91 Å². The highest BCUT2D eigenvalue weighted by molar-refractivity contribution is 6.31. The molecule has 1 amide bonds. The number of nitrogens with zero attached hydrogens (tertiary/aromatic N) is 2. The third-order valence-corrected chi connectivity index (χ3v) is 6.52. The van der Waals surface area contributed by atoms with Crippen LogP contribution < -0.4 is 5.32 Å². The maximum atomic E-state index is 12.9. The van der Waals surface area contributed by atoms with Crippen molar-refractivity contribution in [1.82, 2.24) is 15.2 Å². The fraction of sp³-hybridized carbons (Fsp3) is 0.500. The molecule has 2 fully saturated rings. The van der Waals surface area contributed by atoms with Crippen molar-refractivity contribution >= 4 is 17.5 Å². The van der Waals surface area contributed by atoms with Gasteiger partial charge in [-0.05, 0) is 69.5 Å². The number of benzene rings is 1. The summed E-state index contributed by atoms with van der Waals surface area (Å²) >= 11 is 6.33. The van der Waals surface area contributed by atoms with Crippen molar-refractivity contribution < 1.29 is 9.53 Å². The second-order valence-electron chi connectivity index (χ2n) is 8.37. The largest absolute Gasteiger partial charge is 0.376 e. The molecule has 0 saturated carbocycles. The van der Waals surface area contributed by atoms with Crippen LogP contribution >= 0.6 is 11.6 Å². The van der Waals surface area contributed by atoms with E-state index in [9.17, 15) is 4.79 Å². The number of rotatable bonds is 6. The molecule has 2 saturated heterocycles. The van der Waals surface area contributed by atoms with E-state index in [0.717, 1.165) is 68.3 Å². The Labute approximate surface area is 183 Å². The predicted octanol–water partition coefficient (Wildman–Crippen LogP) is 4.33. The number of hydrogen-bond donors (Lipinski definition) is 1. The monoisotopic (exact) mass is 427 g/mol. The number of carbonyl (C=O) groups excluding carboxylic acids is 1. The lowest BCUT2D eigenvalue weighted by Crippen LogP contribution is -2.35. The summed E-state index contributed by atoms with van der Waals surface area (Å²) < 4.78 is 5.63. The Hall–Kier alpha value is -1.95. The molecule has 2 aromatic rings. The topological polar surface area (TPSA) is 54.5 Å².